The van der Waals surface area contributed by atoms with Crippen molar-refractivity contribution >= 4 is 22.3 Å². The first-order valence-corrected chi connectivity index (χ1v) is 6.62. The molecule has 1 saturated heterocycles. The number of anilines is 1. The molecule has 6 nitrogen and oxygen atoms in total. The van der Waals surface area contributed by atoms with Crippen LogP contribution in [-0.4, -0.2) is 41.0 Å². The summed E-state index contributed by atoms with van der Waals surface area (Å²) >= 11 is 0. The number of aromatic nitrogens is 1. The predicted octanol–water partition coefficient (Wildman–Crippen LogP) is 2.26. The summed E-state index contributed by atoms with van der Waals surface area (Å²) in [4.78, 5) is 17.5. The van der Waals surface area contributed by atoms with Crippen LogP contribution in [0.15, 0.2) is 30.5 Å². The minimum absolute atomic E-state index is 0.116. The van der Waals surface area contributed by atoms with Gasteiger partial charge in [0.2, 0.25) is 0 Å². The third kappa shape index (κ3) is 2.30. The Bertz CT molecular complexity index is 659. The zero-order valence-electron chi connectivity index (χ0n) is 11.2. The average Bonchev–Trinajstić information content (AvgIpc) is 2.83. The van der Waals surface area contributed by atoms with Gasteiger partial charge < -0.3 is 10.2 Å². The Morgan fingerprint density at radius 3 is 3.00 bits per heavy atom. The lowest BCUT2D eigenvalue weighted by Gasteiger charge is -2.15. The Labute approximate surface area is 116 Å². The first kappa shape index (κ1) is 12.8. The standard InChI is InChI=1S/C14H16N4O2/c1-17-8-6-10(9-17)16-13-5-4-12-11(3-2-7-15-12)14(13)18(19)20/h2-5,7,10,16H,6,8-9H2,1H3. The summed E-state index contributed by atoms with van der Waals surface area (Å²) < 4.78 is 0. The van der Waals surface area contributed by atoms with E-state index in [1.807, 2.05) is 6.07 Å². The number of rotatable bonds is 3. The monoisotopic (exact) mass is 272 g/mol. The van der Waals surface area contributed by atoms with Crippen molar-refractivity contribution in [1.82, 2.24) is 9.88 Å². The van der Waals surface area contributed by atoms with Crippen molar-refractivity contribution in [3.8, 4) is 0 Å². The van der Waals surface area contributed by atoms with Crippen molar-refractivity contribution < 1.29 is 4.92 Å². The van der Waals surface area contributed by atoms with Gasteiger partial charge in [-0.05, 0) is 44.3 Å². The Balaban J connectivity index is 2.01. The summed E-state index contributed by atoms with van der Waals surface area (Å²) in [6.07, 6.45) is 2.64. The Morgan fingerprint density at radius 1 is 1.45 bits per heavy atom. The molecule has 1 aliphatic rings. The zero-order valence-corrected chi connectivity index (χ0v) is 11.2. The van der Waals surface area contributed by atoms with Gasteiger partial charge in [0.05, 0.1) is 15.8 Å². The van der Waals surface area contributed by atoms with Crippen LogP contribution in [0.4, 0.5) is 11.4 Å². The maximum Gasteiger partial charge on any atom is 0.301 e. The average molecular weight is 272 g/mol. The van der Waals surface area contributed by atoms with E-state index in [9.17, 15) is 10.1 Å². The van der Waals surface area contributed by atoms with Gasteiger partial charge in [-0.2, -0.15) is 0 Å². The number of likely N-dealkylation sites (N-methyl/N-ethyl adjacent to an activating group) is 1. The van der Waals surface area contributed by atoms with Gasteiger partial charge in [0.1, 0.15) is 5.69 Å². The topological polar surface area (TPSA) is 71.3 Å². The van der Waals surface area contributed by atoms with Crippen LogP contribution in [0.2, 0.25) is 0 Å². The highest BCUT2D eigenvalue weighted by atomic mass is 16.6. The molecule has 1 aromatic carbocycles. The highest BCUT2D eigenvalue weighted by Crippen LogP contribution is 2.33. The Hall–Kier alpha value is -2.21. The van der Waals surface area contributed by atoms with Crippen molar-refractivity contribution in [2.75, 3.05) is 25.5 Å². The molecule has 0 bridgehead atoms. The van der Waals surface area contributed by atoms with Gasteiger partial charge in [-0.15, -0.1) is 0 Å². The van der Waals surface area contributed by atoms with Gasteiger partial charge >= 0.3 is 5.69 Å². The molecule has 1 fully saturated rings. The lowest BCUT2D eigenvalue weighted by molar-refractivity contribution is -0.382. The van der Waals surface area contributed by atoms with E-state index < -0.39 is 0 Å². The Morgan fingerprint density at radius 2 is 2.30 bits per heavy atom. The molecule has 104 valence electrons. The smallest absolute Gasteiger partial charge is 0.301 e. The number of benzene rings is 1. The fourth-order valence-corrected chi connectivity index (χ4v) is 2.72. The number of fused-ring (bicyclic) bond motifs is 1. The number of likely N-dealkylation sites (tertiary alicyclic amines) is 1. The van der Waals surface area contributed by atoms with Crippen LogP contribution in [0.25, 0.3) is 10.9 Å². The summed E-state index contributed by atoms with van der Waals surface area (Å²) in [6.45, 7) is 1.92. The molecule has 20 heavy (non-hydrogen) atoms. The van der Waals surface area contributed by atoms with Crippen LogP contribution in [0.3, 0.4) is 0 Å². The zero-order chi connectivity index (χ0) is 14.1. The SMILES string of the molecule is CN1CCC(Nc2ccc3ncccc3c2[N+](=O)[O-])C1. The molecule has 2 aromatic rings. The second-order valence-corrected chi connectivity index (χ2v) is 5.18. The van der Waals surface area contributed by atoms with E-state index in [4.69, 9.17) is 0 Å². The van der Waals surface area contributed by atoms with E-state index in [1.165, 1.54) is 0 Å². The van der Waals surface area contributed by atoms with Gasteiger partial charge in [0.15, 0.2) is 0 Å². The largest absolute Gasteiger partial charge is 0.375 e. The van der Waals surface area contributed by atoms with Crippen LogP contribution < -0.4 is 5.32 Å². The van der Waals surface area contributed by atoms with Crippen LogP contribution >= 0.6 is 0 Å². The summed E-state index contributed by atoms with van der Waals surface area (Å²) in [7, 11) is 2.06. The first-order chi connectivity index (χ1) is 9.65. The third-order valence-electron chi connectivity index (χ3n) is 3.69. The number of nitro benzene ring substituents is 1. The van der Waals surface area contributed by atoms with Gasteiger partial charge in [-0.3, -0.25) is 15.1 Å². The molecule has 0 spiro atoms. The molecule has 0 saturated carbocycles. The number of hydrogen-bond acceptors (Lipinski definition) is 5. The van der Waals surface area contributed by atoms with Crippen molar-refractivity contribution in [2.24, 2.45) is 0 Å². The number of nitrogens with one attached hydrogen (secondary N) is 1. The molecule has 1 aliphatic heterocycles. The highest BCUT2D eigenvalue weighted by molar-refractivity contribution is 5.94. The minimum Gasteiger partial charge on any atom is -0.375 e. The number of nitro groups is 1. The second-order valence-electron chi connectivity index (χ2n) is 5.18. The molecule has 2 heterocycles. The lowest BCUT2D eigenvalue weighted by atomic mass is 10.1. The first-order valence-electron chi connectivity index (χ1n) is 6.62. The molecule has 1 aromatic heterocycles. The molecule has 6 heteroatoms. The molecule has 1 unspecified atom stereocenters. The van der Waals surface area contributed by atoms with Crippen LogP contribution in [0, 0.1) is 10.1 Å². The predicted molar refractivity (Wildman–Crippen MR) is 77.9 cm³/mol. The quantitative estimate of drug-likeness (QED) is 0.685. The number of hydrogen-bond donors (Lipinski definition) is 1. The maximum atomic E-state index is 11.4. The van der Waals surface area contributed by atoms with Crippen molar-refractivity contribution in [3.63, 3.8) is 0 Å². The normalized spacial score (nSPS) is 19.4. The highest BCUT2D eigenvalue weighted by Gasteiger charge is 2.24. The molecule has 0 radical (unpaired) electrons. The molecular formula is C14H16N4O2. The summed E-state index contributed by atoms with van der Waals surface area (Å²) in [6, 6.07) is 7.30. The second kappa shape index (κ2) is 5.05. The summed E-state index contributed by atoms with van der Waals surface area (Å²) in [5.74, 6) is 0. The van der Waals surface area contributed by atoms with E-state index in [2.05, 4.69) is 22.2 Å². The van der Waals surface area contributed by atoms with Crippen molar-refractivity contribution in [1.29, 1.82) is 0 Å². The van der Waals surface area contributed by atoms with E-state index in [0.29, 0.717) is 16.6 Å². The van der Waals surface area contributed by atoms with Crippen molar-refractivity contribution in [2.45, 2.75) is 12.5 Å². The van der Waals surface area contributed by atoms with E-state index >= 15 is 0 Å². The summed E-state index contributed by atoms with van der Waals surface area (Å²) in [5, 5.41) is 15.3. The molecular weight excluding hydrogens is 256 g/mol. The maximum absolute atomic E-state index is 11.4. The van der Waals surface area contributed by atoms with Crippen LogP contribution in [0.5, 0.6) is 0 Å². The summed E-state index contributed by atoms with van der Waals surface area (Å²) in [5.41, 5.74) is 1.34. The molecule has 1 atom stereocenters. The van der Waals surface area contributed by atoms with Crippen LogP contribution in [0.1, 0.15) is 6.42 Å². The van der Waals surface area contributed by atoms with Crippen molar-refractivity contribution in [3.05, 3.63) is 40.6 Å². The van der Waals surface area contributed by atoms with Gasteiger partial charge in [-0.25, -0.2) is 0 Å². The van der Waals surface area contributed by atoms with Gasteiger partial charge in [-0.1, -0.05) is 0 Å². The molecule has 0 aliphatic carbocycles. The van der Waals surface area contributed by atoms with Gasteiger partial charge in [0, 0.05) is 18.8 Å². The van der Waals surface area contributed by atoms with E-state index in [0.717, 1.165) is 19.5 Å². The minimum atomic E-state index is -0.328. The third-order valence-corrected chi connectivity index (χ3v) is 3.69. The molecule has 3 rings (SSSR count). The molecule has 1 N–H and O–H groups in total. The lowest BCUT2D eigenvalue weighted by Crippen LogP contribution is -2.23. The Kier molecular flexibility index (Phi) is 3.23. The van der Waals surface area contributed by atoms with Gasteiger partial charge in [0.25, 0.3) is 0 Å². The van der Waals surface area contributed by atoms with E-state index in [-0.39, 0.29) is 16.7 Å². The number of pyridine rings is 1. The van der Waals surface area contributed by atoms with E-state index in [1.54, 1.807) is 24.4 Å². The number of nitrogens with zero attached hydrogens (tertiary/aromatic N) is 3. The fraction of sp³-hybridized carbons (Fsp3) is 0.357. The van der Waals surface area contributed by atoms with Crippen LogP contribution in [-0.2, 0) is 0 Å². The fourth-order valence-electron chi connectivity index (χ4n) is 2.72. The molecule has 0 amide bonds.